The van der Waals surface area contributed by atoms with E-state index in [1.54, 1.807) is 12.1 Å². The summed E-state index contributed by atoms with van der Waals surface area (Å²) < 4.78 is 0. The zero-order valence-corrected chi connectivity index (χ0v) is 12.9. The van der Waals surface area contributed by atoms with E-state index in [1.807, 2.05) is 30.3 Å². The number of rotatable bonds is 7. The molecule has 24 heavy (non-hydrogen) atoms. The van der Waals surface area contributed by atoms with Crippen molar-refractivity contribution >= 4 is 23.5 Å². The Hall–Kier alpha value is -3.15. The highest BCUT2D eigenvalue weighted by atomic mass is 16.4. The van der Waals surface area contributed by atoms with Gasteiger partial charge in [0.1, 0.15) is 0 Å². The molecule has 4 N–H and O–H groups in total. The average Bonchev–Trinajstić information content (AvgIpc) is 2.55. The van der Waals surface area contributed by atoms with E-state index in [1.165, 1.54) is 12.1 Å². The number of carbonyl (C=O) groups is 3. The van der Waals surface area contributed by atoms with E-state index in [0.29, 0.717) is 11.3 Å². The summed E-state index contributed by atoms with van der Waals surface area (Å²) in [6.07, 6.45) is 0.145. The van der Waals surface area contributed by atoms with Crippen LogP contribution >= 0.6 is 0 Å². The number of hydrogen-bond acceptors (Lipinski definition) is 3. The molecule has 0 saturated carbocycles. The van der Waals surface area contributed by atoms with Crippen LogP contribution in [0, 0.1) is 5.92 Å². The molecule has 0 radical (unpaired) electrons. The minimum Gasteiger partial charge on any atom is -0.481 e. The molecular formula is C18H18N2O4. The number of carbonyl (C=O) groups excluding carboxylic acids is 2. The molecule has 0 aliphatic heterocycles. The smallest absolute Gasteiger partial charge is 0.307 e. The molecule has 0 spiro atoms. The monoisotopic (exact) mass is 326 g/mol. The normalized spacial score (nSPS) is 11.5. The Morgan fingerprint density at radius 2 is 1.62 bits per heavy atom. The number of hydrogen-bond donors (Lipinski definition) is 3. The van der Waals surface area contributed by atoms with Gasteiger partial charge in [-0.2, -0.15) is 0 Å². The Labute approximate surface area is 139 Å². The molecule has 6 heteroatoms. The molecule has 2 rings (SSSR count). The lowest BCUT2D eigenvalue weighted by Gasteiger charge is -2.13. The van der Waals surface area contributed by atoms with Crippen LogP contribution in [0.1, 0.15) is 22.3 Å². The Kier molecular flexibility index (Phi) is 5.68. The quantitative estimate of drug-likeness (QED) is 0.723. The van der Waals surface area contributed by atoms with Gasteiger partial charge in [0, 0.05) is 17.7 Å². The fourth-order valence-electron chi connectivity index (χ4n) is 2.30. The second-order valence-corrected chi connectivity index (χ2v) is 5.42. The van der Waals surface area contributed by atoms with E-state index >= 15 is 0 Å². The van der Waals surface area contributed by atoms with E-state index in [0.717, 1.165) is 5.56 Å². The summed E-state index contributed by atoms with van der Waals surface area (Å²) in [5.74, 6) is -2.78. The third-order valence-electron chi connectivity index (χ3n) is 3.56. The first-order valence-corrected chi connectivity index (χ1v) is 7.42. The molecule has 6 nitrogen and oxygen atoms in total. The molecule has 0 aromatic heterocycles. The molecule has 0 fully saturated rings. The number of aliphatic carboxylic acids is 1. The molecule has 0 aliphatic carbocycles. The Morgan fingerprint density at radius 3 is 2.17 bits per heavy atom. The maximum atomic E-state index is 12.1. The van der Waals surface area contributed by atoms with Crippen LogP contribution in [0.3, 0.4) is 0 Å². The Balaban J connectivity index is 1.97. The van der Waals surface area contributed by atoms with Crippen molar-refractivity contribution in [2.75, 3.05) is 5.32 Å². The van der Waals surface area contributed by atoms with Crippen LogP contribution in [-0.2, 0) is 16.0 Å². The van der Waals surface area contributed by atoms with Gasteiger partial charge in [0.15, 0.2) is 0 Å². The molecule has 1 unspecified atom stereocenters. The summed E-state index contributed by atoms with van der Waals surface area (Å²) >= 11 is 0. The van der Waals surface area contributed by atoms with Gasteiger partial charge in [-0.3, -0.25) is 14.4 Å². The Morgan fingerprint density at radius 1 is 1.00 bits per heavy atom. The molecule has 2 aromatic rings. The van der Waals surface area contributed by atoms with Gasteiger partial charge in [-0.25, -0.2) is 0 Å². The maximum absolute atomic E-state index is 12.1. The van der Waals surface area contributed by atoms with Gasteiger partial charge in [0.2, 0.25) is 11.8 Å². The fraction of sp³-hybridized carbons (Fsp3) is 0.167. The first-order chi connectivity index (χ1) is 11.5. The average molecular weight is 326 g/mol. The molecular weight excluding hydrogens is 308 g/mol. The van der Waals surface area contributed by atoms with E-state index in [4.69, 9.17) is 5.73 Å². The van der Waals surface area contributed by atoms with Gasteiger partial charge in [-0.1, -0.05) is 30.3 Å². The minimum absolute atomic E-state index is 0.137. The van der Waals surface area contributed by atoms with Crippen molar-refractivity contribution in [3.05, 3.63) is 65.7 Å². The number of amides is 2. The number of nitrogens with one attached hydrogen (secondary N) is 1. The summed E-state index contributed by atoms with van der Waals surface area (Å²) in [6, 6.07) is 15.3. The highest BCUT2D eigenvalue weighted by molar-refractivity contribution is 5.95. The van der Waals surface area contributed by atoms with Crippen molar-refractivity contribution < 1.29 is 19.5 Å². The van der Waals surface area contributed by atoms with E-state index < -0.39 is 23.7 Å². The lowest BCUT2D eigenvalue weighted by atomic mass is 9.96. The number of carboxylic acid groups (broad SMARTS) is 1. The summed E-state index contributed by atoms with van der Waals surface area (Å²) in [5.41, 5.74) is 6.82. The lowest BCUT2D eigenvalue weighted by Crippen LogP contribution is -2.24. The zero-order valence-electron chi connectivity index (χ0n) is 12.9. The fourth-order valence-corrected chi connectivity index (χ4v) is 2.30. The summed E-state index contributed by atoms with van der Waals surface area (Å²) in [7, 11) is 0. The molecule has 2 aromatic carbocycles. The van der Waals surface area contributed by atoms with Crippen molar-refractivity contribution in [1.82, 2.24) is 0 Å². The van der Waals surface area contributed by atoms with Crippen LogP contribution < -0.4 is 11.1 Å². The number of nitrogens with two attached hydrogens (primary N) is 1. The minimum atomic E-state index is -1.02. The topological polar surface area (TPSA) is 109 Å². The predicted octanol–water partition coefficient (Wildman–Crippen LogP) is 2.06. The van der Waals surface area contributed by atoms with Crippen LogP contribution in [0.2, 0.25) is 0 Å². The number of carboxylic acids is 1. The lowest BCUT2D eigenvalue weighted by molar-refractivity contribution is -0.143. The van der Waals surface area contributed by atoms with Gasteiger partial charge in [-0.15, -0.1) is 0 Å². The summed E-state index contributed by atoms with van der Waals surface area (Å²) in [6.45, 7) is 0. The first-order valence-electron chi connectivity index (χ1n) is 7.42. The van der Waals surface area contributed by atoms with Gasteiger partial charge in [-0.05, 0) is 36.2 Å². The van der Waals surface area contributed by atoms with Gasteiger partial charge in [0.25, 0.3) is 0 Å². The van der Waals surface area contributed by atoms with Crippen LogP contribution in [0.25, 0.3) is 0 Å². The van der Waals surface area contributed by atoms with Gasteiger partial charge in [0.05, 0.1) is 5.92 Å². The van der Waals surface area contributed by atoms with Crippen LogP contribution in [0.5, 0.6) is 0 Å². The highest BCUT2D eigenvalue weighted by Crippen LogP contribution is 2.15. The van der Waals surface area contributed by atoms with E-state index in [9.17, 15) is 19.5 Å². The van der Waals surface area contributed by atoms with E-state index in [2.05, 4.69) is 5.32 Å². The van der Waals surface area contributed by atoms with Crippen LogP contribution in [0.15, 0.2) is 54.6 Å². The second-order valence-electron chi connectivity index (χ2n) is 5.42. The number of benzene rings is 2. The molecule has 0 aliphatic rings. The predicted molar refractivity (Wildman–Crippen MR) is 89.5 cm³/mol. The third kappa shape index (κ3) is 4.95. The van der Waals surface area contributed by atoms with Crippen molar-refractivity contribution in [2.45, 2.75) is 12.8 Å². The van der Waals surface area contributed by atoms with Crippen molar-refractivity contribution in [3.8, 4) is 0 Å². The van der Waals surface area contributed by atoms with Crippen LogP contribution in [-0.4, -0.2) is 22.9 Å². The third-order valence-corrected chi connectivity index (χ3v) is 3.56. The summed E-state index contributed by atoms with van der Waals surface area (Å²) in [5, 5.41) is 11.9. The molecule has 124 valence electrons. The van der Waals surface area contributed by atoms with Crippen molar-refractivity contribution in [3.63, 3.8) is 0 Å². The van der Waals surface area contributed by atoms with Gasteiger partial charge >= 0.3 is 5.97 Å². The van der Waals surface area contributed by atoms with Gasteiger partial charge < -0.3 is 16.2 Å². The maximum Gasteiger partial charge on any atom is 0.307 e. The van der Waals surface area contributed by atoms with E-state index in [-0.39, 0.29) is 12.8 Å². The number of anilines is 1. The molecule has 1 atom stereocenters. The summed E-state index contributed by atoms with van der Waals surface area (Å²) in [4.78, 5) is 34.4. The molecule has 0 heterocycles. The standard InChI is InChI=1S/C18H18N2O4/c19-17(22)13-6-8-15(9-7-13)20-16(21)11-14(18(23)24)10-12-4-2-1-3-5-12/h1-9,14H,10-11H2,(H2,19,22)(H,20,21)(H,23,24). The highest BCUT2D eigenvalue weighted by Gasteiger charge is 2.21. The SMILES string of the molecule is NC(=O)c1ccc(NC(=O)CC(Cc2ccccc2)C(=O)O)cc1. The second kappa shape index (κ2) is 7.92. The zero-order chi connectivity index (χ0) is 17.5. The van der Waals surface area contributed by atoms with Crippen molar-refractivity contribution in [2.24, 2.45) is 11.7 Å². The Bertz CT molecular complexity index is 726. The first kappa shape index (κ1) is 17.2. The van der Waals surface area contributed by atoms with Crippen LogP contribution in [0.4, 0.5) is 5.69 Å². The molecule has 0 bridgehead atoms. The molecule has 0 saturated heterocycles. The molecule has 2 amide bonds. The largest absolute Gasteiger partial charge is 0.481 e. The number of primary amides is 1. The van der Waals surface area contributed by atoms with Crippen molar-refractivity contribution in [1.29, 1.82) is 0 Å².